The zero-order valence-electron chi connectivity index (χ0n) is 9.42. The molecular formula is C14H10N2O2. The SMILES string of the molecule is O=C(O)C#Cc1ccccc1C1=CC=CNN=C1. The van der Waals surface area contributed by atoms with Gasteiger partial charge in [0.15, 0.2) is 0 Å². The van der Waals surface area contributed by atoms with Crippen molar-refractivity contribution in [1.29, 1.82) is 0 Å². The maximum absolute atomic E-state index is 10.5. The van der Waals surface area contributed by atoms with E-state index in [0.29, 0.717) is 5.56 Å². The number of nitrogens with one attached hydrogen (secondary N) is 1. The first-order chi connectivity index (χ1) is 8.77. The summed E-state index contributed by atoms with van der Waals surface area (Å²) in [4.78, 5) is 10.5. The summed E-state index contributed by atoms with van der Waals surface area (Å²) < 4.78 is 0. The lowest BCUT2D eigenvalue weighted by Gasteiger charge is -2.03. The van der Waals surface area contributed by atoms with Crippen molar-refractivity contribution < 1.29 is 9.90 Å². The van der Waals surface area contributed by atoms with Crippen LogP contribution in [0.15, 0.2) is 47.7 Å². The summed E-state index contributed by atoms with van der Waals surface area (Å²) in [6.45, 7) is 0. The summed E-state index contributed by atoms with van der Waals surface area (Å²) in [5, 5.41) is 12.6. The van der Waals surface area contributed by atoms with Gasteiger partial charge in [-0.2, -0.15) is 5.10 Å². The number of benzene rings is 1. The fraction of sp³-hybridized carbons (Fsp3) is 0. The molecule has 2 rings (SSSR count). The number of carboxylic acid groups (broad SMARTS) is 1. The van der Waals surface area contributed by atoms with Gasteiger partial charge in [-0.25, -0.2) is 4.79 Å². The molecule has 1 aliphatic heterocycles. The number of hydrogen-bond donors (Lipinski definition) is 2. The van der Waals surface area contributed by atoms with E-state index in [1.165, 1.54) is 0 Å². The molecule has 0 radical (unpaired) electrons. The Morgan fingerprint density at radius 2 is 2.17 bits per heavy atom. The highest BCUT2D eigenvalue weighted by Crippen LogP contribution is 2.17. The summed E-state index contributed by atoms with van der Waals surface area (Å²) in [6.07, 6.45) is 7.07. The predicted molar refractivity (Wildman–Crippen MR) is 69.7 cm³/mol. The van der Waals surface area contributed by atoms with Gasteiger partial charge in [-0.3, -0.25) is 5.43 Å². The van der Waals surface area contributed by atoms with Gasteiger partial charge in [-0.05, 0) is 17.7 Å². The zero-order valence-corrected chi connectivity index (χ0v) is 9.42. The molecule has 0 unspecified atom stereocenters. The molecule has 1 aliphatic rings. The van der Waals surface area contributed by atoms with Crippen LogP contribution in [0.25, 0.3) is 5.57 Å². The highest BCUT2D eigenvalue weighted by molar-refractivity contribution is 6.11. The van der Waals surface area contributed by atoms with E-state index in [1.54, 1.807) is 18.5 Å². The van der Waals surface area contributed by atoms with E-state index in [0.717, 1.165) is 11.1 Å². The van der Waals surface area contributed by atoms with E-state index in [1.807, 2.05) is 30.4 Å². The van der Waals surface area contributed by atoms with E-state index >= 15 is 0 Å². The summed E-state index contributed by atoms with van der Waals surface area (Å²) in [5.41, 5.74) is 5.10. The zero-order chi connectivity index (χ0) is 12.8. The Labute approximate surface area is 104 Å². The van der Waals surface area contributed by atoms with Crippen molar-refractivity contribution in [2.24, 2.45) is 5.10 Å². The Hall–Kier alpha value is -2.80. The lowest BCUT2D eigenvalue weighted by molar-refractivity contribution is -0.130. The molecule has 2 N–H and O–H groups in total. The van der Waals surface area contributed by atoms with Crippen LogP contribution in [0.2, 0.25) is 0 Å². The van der Waals surface area contributed by atoms with Crippen LogP contribution in [-0.2, 0) is 4.79 Å². The molecule has 0 fully saturated rings. The summed E-state index contributed by atoms with van der Waals surface area (Å²) in [6, 6.07) is 7.35. The maximum Gasteiger partial charge on any atom is 0.382 e. The summed E-state index contributed by atoms with van der Waals surface area (Å²) >= 11 is 0. The van der Waals surface area contributed by atoms with Crippen LogP contribution < -0.4 is 5.43 Å². The maximum atomic E-state index is 10.5. The van der Waals surface area contributed by atoms with E-state index in [4.69, 9.17) is 5.11 Å². The van der Waals surface area contributed by atoms with Gasteiger partial charge in [0, 0.05) is 23.3 Å². The van der Waals surface area contributed by atoms with Gasteiger partial charge in [0.25, 0.3) is 0 Å². The fourth-order valence-electron chi connectivity index (χ4n) is 1.51. The minimum Gasteiger partial charge on any atom is -0.472 e. The molecule has 1 aromatic rings. The number of carbonyl (C=O) groups is 1. The van der Waals surface area contributed by atoms with Gasteiger partial charge < -0.3 is 5.11 Å². The van der Waals surface area contributed by atoms with Crippen LogP contribution in [0, 0.1) is 11.8 Å². The van der Waals surface area contributed by atoms with Crippen LogP contribution in [-0.4, -0.2) is 17.3 Å². The van der Waals surface area contributed by atoms with E-state index in [2.05, 4.69) is 22.4 Å². The van der Waals surface area contributed by atoms with E-state index < -0.39 is 5.97 Å². The molecule has 0 saturated heterocycles. The average molecular weight is 238 g/mol. The predicted octanol–water partition coefficient (Wildman–Crippen LogP) is 1.61. The molecule has 0 saturated carbocycles. The van der Waals surface area contributed by atoms with Gasteiger partial charge in [-0.1, -0.05) is 30.2 Å². The van der Waals surface area contributed by atoms with Gasteiger partial charge in [-0.15, -0.1) is 0 Å². The molecule has 4 heteroatoms. The van der Waals surface area contributed by atoms with Crippen molar-refractivity contribution in [3.05, 3.63) is 53.7 Å². The Morgan fingerprint density at radius 1 is 1.33 bits per heavy atom. The quantitative estimate of drug-likeness (QED) is 0.731. The number of allylic oxidation sites excluding steroid dienone is 3. The second-order valence-electron chi connectivity index (χ2n) is 3.47. The number of rotatable bonds is 1. The minimum atomic E-state index is -1.14. The Morgan fingerprint density at radius 3 is 3.00 bits per heavy atom. The number of nitrogens with zero attached hydrogens (tertiary/aromatic N) is 1. The van der Waals surface area contributed by atoms with E-state index in [-0.39, 0.29) is 0 Å². The molecule has 0 aliphatic carbocycles. The topological polar surface area (TPSA) is 61.7 Å². The Kier molecular flexibility index (Phi) is 3.57. The van der Waals surface area contributed by atoms with Crippen LogP contribution in [0.4, 0.5) is 0 Å². The van der Waals surface area contributed by atoms with Gasteiger partial charge in [0.05, 0.1) is 6.21 Å². The molecular weight excluding hydrogens is 228 g/mol. The molecule has 0 spiro atoms. The monoisotopic (exact) mass is 238 g/mol. The number of carboxylic acids is 1. The van der Waals surface area contributed by atoms with Crippen LogP contribution in [0.5, 0.6) is 0 Å². The molecule has 0 bridgehead atoms. The van der Waals surface area contributed by atoms with Crippen molar-refractivity contribution in [3.63, 3.8) is 0 Å². The Balaban J connectivity index is 2.46. The number of aliphatic carboxylic acids is 1. The van der Waals surface area contributed by atoms with Crippen molar-refractivity contribution in [2.75, 3.05) is 0 Å². The van der Waals surface area contributed by atoms with Crippen LogP contribution in [0.3, 0.4) is 0 Å². The highest BCUT2D eigenvalue weighted by atomic mass is 16.4. The molecule has 88 valence electrons. The first-order valence-electron chi connectivity index (χ1n) is 5.27. The molecule has 4 nitrogen and oxygen atoms in total. The Bertz CT molecular complexity index is 616. The molecule has 0 amide bonds. The number of hydrazone groups is 1. The fourth-order valence-corrected chi connectivity index (χ4v) is 1.51. The largest absolute Gasteiger partial charge is 0.472 e. The van der Waals surface area contributed by atoms with Crippen molar-refractivity contribution in [1.82, 2.24) is 5.43 Å². The minimum absolute atomic E-state index is 0.660. The molecule has 18 heavy (non-hydrogen) atoms. The van der Waals surface area contributed by atoms with Crippen LogP contribution >= 0.6 is 0 Å². The van der Waals surface area contributed by atoms with Crippen molar-refractivity contribution in [2.45, 2.75) is 0 Å². The standard InChI is InChI=1S/C14H10N2O2/c17-14(18)8-7-11-4-1-2-6-13(11)12-5-3-9-15-16-10-12/h1-6,9-10,15H,(H,17,18). The first kappa shape index (κ1) is 11.7. The van der Waals surface area contributed by atoms with Crippen LogP contribution in [0.1, 0.15) is 11.1 Å². The molecule has 0 aromatic heterocycles. The third-order valence-corrected chi connectivity index (χ3v) is 2.27. The summed E-state index contributed by atoms with van der Waals surface area (Å²) in [7, 11) is 0. The first-order valence-corrected chi connectivity index (χ1v) is 5.27. The second kappa shape index (κ2) is 5.51. The molecule has 0 atom stereocenters. The lowest BCUT2D eigenvalue weighted by Crippen LogP contribution is -1.94. The summed E-state index contributed by atoms with van der Waals surface area (Å²) in [5.74, 6) is 3.61. The van der Waals surface area contributed by atoms with Crippen molar-refractivity contribution in [3.8, 4) is 11.8 Å². The van der Waals surface area contributed by atoms with Gasteiger partial charge in [0.1, 0.15) is 0 Å². The highest BCUT2D eigenvalue weighted by Gasteiger charge is 2.04. The van der Waals surface area contributed by atoms with E-state index in [9.17, 15) is 4.79 Å². The van der Waals surface area contributed by atoms with Gasteiger partial charge >= 0.3 is 5.97 Å². The van der Waals surface area contributed by atoms with Gasteiger partial charge in [0.2, 0.25) is 0 Å². The normalized spacial score (nSPS) is 12.8. The second-order valence-corrected chi connectivity index (χ2v) is 3.47. The molecule has 1 aromatic carbocycles. The smallest absolute Gasteiger partial charge is 0.382 e. The molecule has 1 heterocycles. The number of hydrogen-bond acceptors (Lipinski definition) is 3. The third-order valence-electron chi connectivity index (χ3n) is 2.27. The average Bonchev–Trinajstić information content (AvgIpc) is 2.65. The third kappa shape index (κ3) is 2.86. The lowest BCUT2D eigenvalue weighted by atomic mass is 10.0. The van der Waals surface area contributed by atoms with Crippen molar-refractivity contribution >= 4 is 17.8 Å².